The molecule has 0 aliphatic carbocycles. The van der Waals surface area contributed by atoms with Gasteiger partial charge < -0.3 is 5.32 Å². The topological polar surface area (TPSA) is 64.0 Å². The summed E-state index contributed by atoms with van der Waals surface area (Å²) in [7, 11) is 0. The van der Waals surface area contributed by atoms with Crippen molar-refractivity contribution in [3.63, 3.8) is 0 Å². The molecular weight excluding hydrogens is 426 g/mol. The first-order valence-corrected chi connectivity index (χ1v) is 10.5. The van der Waals surface area contributed by atoms with E-state index in [0.717, 1.165) is 16.6 Å². The summed E-state index contributed by atoms with van der Waals surface area (Å²) < 4.78 is 2.44. The largest absolute Gasteiger partial charge is 0.325 e. The van der Waals surface area contributed by atoms with Gasteiger partial charge in [-0.15, -0.1) is 0 Å². The number of hydrogen-bond donors (Lipinski definition) is 1. The first-order valence-electron chi connectivity index (χ1n) is 8.73. The van der Waals surface area contributed by atoms with E-state index in [2.05, 4.69) is 33.2 Å². The first kappa shape index (κ1) is 19.6. The number of halogens is 1. The molecule has 7 heteroatoms. The Hall–Kier alpha value is -2.12. The summed E-state index contributed by atoms with van der Waals surface area (Å²) in [6.45, 7) is 4.48. The molecule has 5 nitrogen and oxygen atoms in total. The van der Waals surface area contributed by atoms with E-state index in [1.165, 1.54) is 17.3 Å². The lowest BCUT2D eigenvalue weighted by Crippen LogP contribution is -2.23. The Kier molecular flexibility index (Phi) is 6.34. The number of anilines is 1. The smallest absolute Gasteiger partial charge is 0.262 e. The van der Waals surface area contributed by atoms with Gasteiger partial charge in [-0.1, -0.05) is 46.7 Å². The third kappa shape index (κ3) is 4.59. The quantitative estimate of drug-likeness (QED) is 0.448. The molecule has 0 unspecified atom stereocenters. The minimum Gasteiger partial charge on any atom is -0.325 e. The van der Waals surface area contributed by atoms with Gasteiger partial charge in [-0.25, -0.2) is 4.98 Å². The molecule has 0 saturated heterocycles. The highest BCUT2D eigenvalue weighted by molar-refractivity contribution is 9.10. The molecule has 0 aliphatic heterocycles. The van der Waals surface area contributed by atoms with E-state index in [1.54, 1.807) is 16.7 Å². The van der Waals surface area contributed by atoms with Crippen molar-refractivity contribution in [2.75, 3.05) is 11.1 Å². The van der Waals surface area contributed by atoms with E-state index >= 15 is 0 Å². The zero-order valence-corrected chi connectivity index (χ0v) is 17.6. The molecule has 3 rings (SSSR count). The van der Waals surface area contributed by atoms with Crippen LogP contribution in [0.2, 0.25) is 0 Å². The Bertz CT molecular complexity index is 1030. The van der Waals surface area contributed by atoms with Crippen molar-refractivity contribution in [2.45, 2.75) is 32.0 Å². The molecule has 0 bridgehead atoms. The van der Waals surface area contributed by atoms with Crippen LogP contribution in [0.3, 0.4) is 0 Å². The lowest BCUT2D eigenvalue weighted by atomic mass is 10.1. The second kappa shape index (κ2) is 8.71. The number of fused-ring (bicyclic) bond motifs is 1. The normalized spacial score (nSPS) is 10.9. The lowest BCUT2D eigenvalue weighted by molar-refractivity contribution is -0.113. The van der Waals surface area contributed by atoms with E-state index in [0.29, 0.717) is 22.6 Å². The average Bonchev–Trinajstić information content (AvgIpc) is 2.67. The van der Waals surface area contributed by atoms with Gasteiger partial charge in [-0.2, -0.15) is 0 Å². The SMILES string of the molecule is CCc1ccc(NC(=O)CSc2nc3ccc(Br)cc3c(=O)n2CC)cc1. The van der Waals surface area contributed by atoms with Gasteiger partial charge in [0.05, 0.1) is 16.7 Å². The molecule has 1 N–H and O–H groups in total. The van der Waals surface area contributed by atoms with Crippen molar-refractivity contribution in [3.05, 3.63) is 62.9 Å². The lowest BCUT2D eigenvalue weighted by Gasteiger charge is -2.11. The van der Waals surface area contributed by atoms with Crippen LogP contribution < -0.4 is 10.9 Å². The van der Waals surface area contributed by atoms with Crippen LogP contribution in [0.15, 0.2) is 56.9 Å². The van der Waals surface area contributed by atoms with E-state index in [-0.39, 0.29) is 17.2 Å². The molecule has 2 aromatic carbocycles. The first-order chi connectivity index (χ1) is 13.0. The zero-order valence-electron chi connectivity index (χ0n) is 15.2. The van der Waals surface area contributed by atoms with E-state index in [1.807, 2.05) is 37.3 Å². The molecule has 0 spiro atoms. The molecule has 0 saturated carbocycles. The maximum absolute atomic E-state index is 12.7. The van der Waals surface area contributed by atoms with Gasteiger partial charge in [0.25, 0.3) is 5.56 Å². The van der Waals surface area contributed by atoms with Crippen molar-refractivity contribution in [3.8, 4) is 0 Å². The third-order valence-corrected chi connectivity index (χ3v) is 5.65. The maximum Gasteiger partial charge on any atom is 0.262 e. The monoisotopic (exact) mass is 445 g/mol. The van der Waals surface area contributed by atoms with Gasteiger partial charge in [0.1, 0.15) is 0 Å². The van der Waals surface area contributed by atoms with Crippen molar-refractivity contribution in [1.29, 1.82) is 0 Å². The van der Waals surface area contributed by atoms with Gasteiger partial charge in [-0.05, 0) is 49.2 Å². The molecule has 3 aromatic rings. The fraction of sp³-hybridized carbons (Fsp3) is 0.250. The Morgan fingerprint density at radius 3 is 2.59 bits per heavy atom. The predicted octanol–water partition coefficient (Wildman–Crippen LogP) is 4.47. The minimum atomic E-state index is -0.128. The number of carbonyl (C=O) groups excluding carboxylic acids is 1. The van der Waals surface area contributed by atoms with Crippen molar-refractivity contribution in [1.82, 2.24) is 9.55 Å². The van der Waals surface area contributed by atoms with E-state index in [9.17, 15) is 9.59 Å². The molecule has 1 heterocycles. The van der Waals surface area contributed by atoms with Gasteiger partial charge in [0.2, 0.25) is 5.91 Å². The molecule has 1 amide bonds. The molecule has 0 radical (unpaired) electrons. The predicted molar refractivity (Wildman–Crippen MR) is 115 cm³/mol. The molecule has 27 heavy (non-hydrogen) atoms. The second-order valence-corrected chi connectivity index (χ2v) is 7.85. The minimum absolute atomic E-state index is 0.0955. The molecular formula is C20H20BrN3O2S. The van der Waals surface area contributed by atoms with Crippen LogP contribution in [0.1, 0.15) is 19.4 Å². The standard InChI is InChI=1S/C20H20BrN3O2S/c1-3-13-5-8-15(9-6-13)22-18(25)12-27-20-23-17-10-7-14(21)11-16(17)19(26)24(20)4-2/h5-11H,3-4,12H2,1-2H3,(H,22,25). The number of nitrogens with one attached hydrogen (secondary N) is 1. The molecule has 0 atom stereocenters. The van der Waals surface area contributed by atoms with E-state index in [4.69, 9.17) is 0 Å². The fourth-order valence-electron chi connectivity index (χ4n) is 2.71. The van der Waals surface area contributed by atoms with Gasteiger partial charge in [-0.3, -0.25) is 14.2 Å². The highest BCUT2D eigenvalue weighted by Crippen LogP contribution is 2.21. The summed E-state index contributed by atoms with van der Waals surface area (Å²) in [6, 6.07) is 13.2. The number of aryl methyl sites for hydroxylation is 1. The van der Waals surface area contributed by atoms with Crippen LogP contribution in [0.4, 0.5) is 5.69 Å². The summed E-state index contributed by atoms with van der Waals surface area (Å²) in [5.41, 5.74) is 2.52. The van der Waals surface area contributed by atoms with Crippen LogP contribution in [-0.2, 0) is 17.8 Å². The zero-order chi connectivity index (χ0) is 19.4. The second-order valence-electron chi connectivity index (χ2n) is 5.99. The average molecular weight is 446 g/mol. The van der Waals surface area contributed by atoms with Crippen LogP contribution in [-0.4, -0.2) is 21.2 Å². The van der Waals surface area contributed by atoms with Crippen LogP contribution in [0.25, 0.3) is 10.9 Å². The van der Waals surface area contributed by atoms with E-state index < -0.39 is 0 Å². The third-order valence-electron chi connectivity index (χ3n) is 4.18. The Balaban J connectivity index is 1.76. The van der Waals surface area contributed by atoms with Crippen molar-refractivity contribution < 1.29 is 4.79 Å². The highest BCUT2D eigenvalue weighted by Gasteiger charge is 2.13. The fourth-order valence-corrected chi connectivity index (χ4v) is 3.94. The summed E-state index contributed by atoms with van der Waals surface area (Å²) >= 11 is 4.66. The van der Waals surface area contributed by atoms with Gasteiger partial charge in [0, 0.05) is 16.7 Å². The Morgan fingerprint density at radius 1 is 1.19 bits per heavy atom. The number of thioether (sulfide) groups is 1. The molecule has 140 valence electrons. The summed E-state index contributed by atoms with van der Waals surface area (Å²) in [5.74, 6) is 0.0568. The van der Waals surface area contributed by atoms with Crippen molar-refractivity contribution in [2.24, 2.45) is 0 Å². The number of rotatable bonds is 6. The number of nitrogens with zero attached hydrogens (tertiary/aromatic N) is 2. The summed E-state index contributed by atoms with van der Waals surface area (Å²) in [6.07, 6.45) is 0.961. The summed E-state index contributed by atoms with van der Waals surface area (Å²) in [4.78, 5) is 29.6. The Labute approximate surface area is 170 Å². The molecule has 0 aliphatic rings. The van der Waals surface area contributed by atoms with Crippen LogP contribution >= 0.6 is 27.7 Å². The molecule has 1 aromatic heterocycles. The number of aromatic nitrogens is 2. The number of carbonyl (C=O) groups is 1. The summed E-state index contributed by atoms with van der Waals surface area (Å²) in [5, 5.41) is 3.99. The molecule has 0 fully saturated rings. The number of hydrogen-bond acceptors (Lipinski definition) is 4. The maximum atomic E-state index is 12.7. The van der Waals surface area contributed by atoms with Crippen LogP contribution in [0.5, 0.6) is 0 Å². The number of amides is 1. The van der Waals surface area contributed by atoms with Gasteiger partial charge in [0.15, 0.2) is 5.16 Å². The highest BCUT2D eigenvalue weighted by atomic mass is 79.9. The van der Waals surface area contributed by atoms with Gasteiger partial charge >= 0.3 is 0 Å². The number of benzene rings is 2. The van der Waals surface area contributed by atoms with Crippen LogP contribution in [0, 0.1) is 0 Å². The van der Waals surface area contributed by atoms with Crippen molar-refractivity contribution >= 4 is 50.2 Å². The Morgan fingerprint density at radius 2 is 1.93 bits per heavy atom.